The lowest BCUT2D eigenvalue weighted by Crippen LogP contribution is -2.33. The minimum atomic E-state index is 0.303. The van der Waals surface area contributed by atoms with Gasteiger partial charge in [0.2, 0.25) is 5.95 Å². The molecule has 1 aliphatic rings. The molecule has 3 aromatic rings. The van der Waals surface area contributed by atoms with Gasteiger partial charge in [0.15, 0.2) is 17.0 Å². The molecule has 1 fully saturated rings. The van der Waals surface area contributed by atoms with E-state index < -0.39 is 0 Å². The van der Waals surface area contributed by atoms with Crippen molar-refractivity contribution in [1.82, 2.24) is 19.5 Å². The number of anilines is 3. The Morgan fingerprint density at radius 3 is 2.77 bits per heavy atom. The summed E-state index contributed by atoms with van der Waals surface area (Å²) in [5.41, 5.74) is 9.68. The number of nitrogens with one attached hydrogen (secondary N) is 2. The second-order valence-electron chi connectivity index (χ2n) is 8.14. The van der Waals surface area contributed by atoms with Crippen molar-refractivity contribution in [2.45, 2.75) is 58.2 Å². The van der Waals surface area contributed by atoms with Crippen LogP contribution in [0.2, 0.25) is 5.02 Å². The fourth-order valence-electron chi connectivity index (χ4n) is 3.66. The van der Waals surface area contributed by atoms with E-state index in [4.69, 9.17) is 27.3 Å². The van der Waals surface area contributed by atoms with E-state index in [1.54, 1.807) is 0 Å². The van der Waals surface area contributed by atoms with Gasteiger partial charge in [-0.2, -0.15) is 9.97 Å². The number of imidazole rings is 1. The summed E-state index contributed by atoms with van der Waals surface area (Å²) in [7, 11) is 0. The third-order valence-corrected chi connectivity index (χ3v) is 5.59. The van der Waals surface area contributed by atoms with Crippen molar-refractivity contribution in [2.24, 2.45) is 5.73 Å². The van der Waals surface area contributed by atoms with Crippen LogP contribution in [-0.4, -0.2) is 31.6 Å². The van der Waals surface area contributed by atoms with Crippen LogP contribution in [0.5, 0.6) is 0 Å². The maximum absolute atomic E-state index is 6.15. The van der Waals surface area contributed by atoms with E-state index in [0.717, 1.165) is 42.5 Å². The number of halogens is 1. The second-order valence-corrected chi connectivity index (χ2v) is 8.57. The first-order valence-electron chi connectivity index (χ1n) is 10.4. The molecular weight excluding hydrogens is 398 g/mol. The maximum atomic E-state index is 6.15. The van der Waals surface area contributed by atoms with Gasteiger partial charge in [0.05, 0.1) is 6.33 Å². The van der Waals surface area contributed by atoms with Gasteiger partial charge in [-0.1, -0.05) is 29.3 Å². The second kappa shape index (κ2) is 9.02. The van der Waals surface area contributed by atoms with Crippen LogP contribution in [-0.2, 0) is 6.54 Å². The summed E-state index contributed by atoms with van der Waals surface area (Å²) in [6, 6.07) is 8.20. The standard InChI is InChI=1S/C22H28ClN7/c1-14(2)10-11-30-13-25-19-20(26-18-5-3-4-15(23)12-18)28-22(29-21(19)30)27-17-8-6-16(24)7-9-17/h3-5,10,12-13,16-17H,6-9,11,24H2,1-2H3,(H2,26,27,28,29). The highest BCUT2D eigenvalue weighted by molar-refractivity contribution is 6.30. The van der Waals surface area contributed by atoms with Crippen molar-refractivity contribution in [2.75, 3.05) is 10.6 Å². The molecule has 1 aromatic carbocycles. The lowest BCUT2D eigenvalue weighted by molar-refractivity contribution is 0.410. The molecule has 1 aliphatic carbocycles. The zero-order valence-electron chi connectivity index (χ0n) is 17.4. The number of hydrogen-bond donors (Lipinski definition) is 3. The molecule has 0 saturated heterocycles. The van der Waals surface area contributed by atoms with Gasteiger partial charge in [-0.05, 0) is 57.7 Å². The molecule has 4 N–H and O–H groups in total. The molecule has 2 heterocycles. The average molecular weight is 426 g/mol. The fourth-order valence-corrected chi connectivity index (χ4v) is 3.85. The quantitative estimate of drug-likeness (QED) is 0.488. The Labute approximate surface area is 181 Å². The van der Waals surface area contributed by atoms with Gasteiger partial charge in [0.1, 0.15) is 0 Å². The summed E-state index contributed by atoms with van der Waals surface area (Å²) >= 11 is 6.15. The Kier molecular flexibility index (Phi) is 6.20. The van der Waals surface area contributed by atoms with Gasteiger partial charge in [-0.3, -0.25) is 0 Å². The van der Waals surface area contributed by atoms with Crippen LogP contribution in [0.1, 0.15) is 39.5 Å². The van der Waals surface area contributed by atoms with E-state index in [0.29, 0.717) is 35.4 Å². The summed E-state index contributed by atoms with van der Waals surface area (Å²) in [6.45, 7) is 4.88. The highest BCUT2D eigenvalue weighted by Gasteiger charge is 2.20. The first-order valence-corrected chi connectivity index (χ1v) is 10.8. The summed E-state index contributed by atoms with van der Waals surface area (Å²) in [5, 5.41) is 7.54. The number of allylic oxidation sites excluding steroid dienone is 2. The van der Waals surface area contributed by atoms with E-state index in [9.17, 15) is 0 Å². The molecule has 4 rings (SSSR count). The zero-order valence-corrected chi connectivity index (χ0v) is 18.2. The SMILES string of the molecule is CC(C)=CCn1cnc2c(Nc3cccc(Cl)c3)nc(NC3CCC(N)CC3)nc21. The Balaban J connectivity index is 1.69. The van der Waals surface area contributed by atoms with Crippen LogP contribution in [0.3, 0.4) is 0 Å². The number of benzene rings is 1. The Hall–Kier alpha value is -2.64. The lowest BCUT2D eigenvalue weighted by atomic mass is 9.92. The third kappa shape index (κ3) is 4.91. The van der Waals surface area contributed by atoms with Crippen LogP contribution in [0.15, 0.2) is 42.2 Å². The Bertz CT molecular complexity index is 1050. The monoisotopic (exact) mass is 425 g/mol. The van der Waals surface area contributed by atoms with E-state index >= 15 is 0 Å². The van der Waals surface area contributed by atoms with Crippen LogP contribution in [0.4, 0.5) is 17.5 Å². The molecule has 1 saturated carbocycles. The molecule has 30 heavy (non-hydrogen) atoms. The van der Waals surface area contributed by atoms with Crippen molar-refractivity contribution in [3.63, 3.8) is 0 Å². The summed E-state index contributed by atoms with van der Waals surface area (Å²) in [4.78, 5) is 14.1. The number of nitrogens with two attached hydrogens (primary N) is 1. The van der Waals surface area contributed by atoms with Crippen LogP contribution < -0.4 is 16.4 Å². The summed E-state index contributed by atoms with van der Waals surface area (Å²) in [5.74, 6) is 1.26. The molecule has 2 aromatic heterocycles. The van der Waals surface area contributed by atoms with E-state index in [-0.39, 0.29) is 0 Å². The fraction of sp³-hybridized carbons (Fsp3) is 0.409. The van der Waals surface area contributed by atoms with Gasteiger partial charge in [-0.25, -0.2) is 4.98 Å². The first kappa shape index (κ1) is 20.6. The minimum absolute atomic E-state index is 0.303. The first-order chi connectivity index (χ1) is 14.5. The van der Waals surface area contributed by atoms with E-state index in [1.165, 1.54) is 5.57 Å². The lowest BCUT2D eigenvalue weighted by Gasteiger charge is -2.26. The molecule has 0 unspecified atom stereocenters. The third-order valence-electron chi connectivity index (χ3n) is 5.35. The molecule has 0 spiro atoms. The van der Waals surface area contributed by atoms with Gasteiger partial charge >= 0.3 is 0 Å². The summed E-state index contributed by atoms with van der Waals surface area (Å²) in [6.07, 6.45) is 8.06. The van der Waals surface area contributed by atoms with Crippen molar-refractivity contribution in [3.8, 4) is 0 Å². The van der Waals surface area contributed by atoms with Gasteiger partial charge in [0.25, 0.3) is 0 Å². The number of hydrogen-bond acceptors (Lipinski definition) is 6. The predicted molar refractivity (Wildman–Crippen MR) is 123 cm³/mol. The molecule has 8 heteroatoms. The molecule has 158 valence electrons. The normalized spacial score (nSPS) is 18.9. The van der Waals surface area contributed by atoms with Crippen LogP contribution >= 0.6 is 11.6 Å². The highest BCUT2D eigenvalue weighted by atomic mass is 35.5. The van der Waals surface area contributed by atoms with Crippen molar-refractivity contribution >= 4 is 40.2 Å². The number of fused-ring (bicyclic) bond motifs is 1. The number of rotatable bonds is 6. The maximum Gasteiger partial charge on any atom is 0.227 e. The Morgan fingerprint density at radius 1 is 1.23 bits per heavy atom. The van der Waals surface area contributed by atoms with Gasteiger partial charge < -0.3 is 20.9 Å². The van der Waals surface area contributed by atoms with E-state index in [2.05, 4.69) is 35.5 Å². The summed E-state index contributed by atoms with van der Waals surface area (Å²) < 4.78 is 2.04. The molecule has 0 amide bonds. The van der Waals surface area contributed by atoms with Crippen molar-refractivity contribution in [3.05, 3.63) is 47.3 Å². The largest absolute Gasteiger partial charge is 0.351 e. The average Bonchev–Trinajstić information content (AvgIpc) is 3.11. The van der Waals surface area contributed by atoms with Gasteiger partial charge in [0, 0.05) is 29.3 Å². The van der Waals surface area contributed by atoms with Crippen LogP contribution in [0.25, 0.3) is 11.2 Å². The minimum Gasteiger partial charge on any atom is -0.351 e. The number of nitrogens with zero attached hydrogens (tertiary/aromatic N) is 4. The molecule has 0 radical (unpaired) electrons. The Morgan fingerprint density at radius 2 is 2.03 bits per heavy atom. The molecule has 0 bridgehead atoms. The smallest absolute Gasteiger partial charge is 0.227 e. The molecule has 0 aliphatic heterocycles. The van der Waals surface area contributed by atoms with Crippen LogP contribution in [0, 0.1) is 0 Å². The van der Waals surface area contributed by atoms with Crippen molar-refractivity contribution in [1.29, 1.82) is 0 Å². The highest BCUT2D eigenvalue weighted by Crippen LogP contribution is 2.27. The van der Waals surface area contributed by atoms with Gasteiger partial charge in [-0.15, -0.1) is 0 Å². The topological polar surface area (TPSA) is 93.7 Å². The molecule has 7 nitrogen and oxygen atoms in total. The molecular formula is C22H28ClN7. The predicted octanol–water partition coefficient (Wildman–Crippen LogP) is 4.87. The number of aromatic nitrogens is 4. The zero-order chi connectivity index (χ0) is 21.1. The van der Waals surface area contributed by atoms with E-state index in [1.807, 2.05) is 35.2 Å². The van der Waals surface area contributed by atoms with Crippen molar-refractivity contribution < 1.29 is 0 Å². The molecule has 0 atom stereocenters.